The van der Waals surface area contributed by atoms with Gasteiger partial charge in [-0.1, -0.05) is 23.5 Å². The molecule has 2 rings (SSSR count). The Kier molecular flexibility index (Phi) is 5.48. The van der Waals surface area contributed by atoms with Crippen molar-refractivity contribution < 1.29 is 14.3 Å². The Morgan fingerprint density at radius 3 is 2.95 bits per heavy atom. The normalized spacial score (nSPS) is 10.7. The summed E-state index contributed by atoms with van der Waals surface area (Å²) >= 11 is 1.21. The number of nitrogens with zero attached hydrogens (tertiary/aromatic N) is 2. The van der Waals surface area contributed by atoms with E-state index in [0.29, 0.717) is 22.3 Å². The summed E-state index contributed by atoms with van der Waals surface area (Å²) in [6.45, 7) is 3.87. The van der Waals surface area contributed by atoms with Crippen LogP contribution in [0.4, 0.5) is 5.13 Å². The highest BCUT2D eigenvalue weighted by atomic mass is 32.1. The number of aromatic nitrogens is 1. The van der Waals surface area contributed by atoms with E-state index in [0.717, 1.165) is 11.3 Å². The number of carbonyl (C=O) groups excluding carboxylic acids is 1. The largest absolute Gasteiger partial charge is 0.496 e. The van der Waals surface area contributed by atoms with Crippen molar-refractivity contribution >= 4 is 28.7 Å². The van der Waals surface area contributed by atoms with Crippen molar-refractivity contribution in [3.63, 3.8) is 0 Å². The zero-order valence-electron chi connectivity index (χ0n) is 12.6. The second kappa shape index (κ2) is 7.56. The standard InChI is InChI=1S/C15H17N3O3S/c1-4-21-14(19)13-10(2)17-15(22-13)18-16-9-11-7-5-6-8-12(11)20-3/h5-9H,4H2,1-3H3,(H,17,18)/b16-9+. The van der Waals surface area contributed by atoms with Crippen LogP contribution in [0.1, 0.15) is 27.9 Å². The molecule has 6 nitrogen and oxygen atoms in total. The zero-order chi connectivity index (χ0) is 15.9. The molecule has 2 aromatic rings. The summed E-state index contributed by atoms with van der Waals surface area (Å²) in [5.74, 6) is 0.370. The molecule has 0 fully saturated rings. The Hall–Kier alpha value is -2.41. The Bertz CT molecular complexity index is 682. The van der Waals surface area contributed by atoms with Crippen LogP contribution in [-0.2, 0) is 4.74 Å². The smallest absolute Gasteiger partial charge is 0.350 e. The predicted molar refractivity (Wildman–Crippen MR) is 87.0 cm³/mol. The fourth-order valence-corrected chi connectivity index (χ4v) is 2.57. The van der Waals surface area contributed by atoms with Gasteiger partial charge in [0.15, 0.2) is 0 Å². The second-order valence-electron chi connectivity index (χ2n) is 4.27. The molecule has 0 radical (unpaired) electrons. The van der Waals surface area contributed by atoms with Crippen molar-refractivity contribution in [3.8, 4) is 5.75 Å². The number of aryl methyl sites for hydroxylation is 1. The van der Waals surface area contributed by atoms with Gasteiger partial charge in [-0.3, -0.25) is 5.43 Å². The highest BCUT2D eigenvalue weighted by Gasteiger charge is 2.15. The third kappa shape index (κ3) is 3.82. The maximum Gasteiger partial charge on any atom is 0.350 e. The molecule has 0 spiro atoms. The van der Waals surface area contributed by atoms with Crippen LogP contribution < -0.4 is 10.2 Å². The van der Waals surface area contributed by atoms with Gasteiger partial charge < -0.3 is 9.47 Å². The van der Waals surface area contributed by atoms with Gasteiger partial charge in [0.1, 0.15) is 10.6 Å². The summed E-state index contributed by atoms with van der Waals surface area (Å²) in [4.78, 5) is 16.5. The number of methoxy groups -OCH3 is 1. The molecule has 0 bridgehead atoms. The maximum absolute atomic E-state index is 11.7. The molecule has 116 valence electrons. The van der Waals surface area contributed by atoms with Gasteiger partial charge in [0.05, 0.1) is 25.6 Å². The predicted octanol–water partition coefficient (Wildman–Crippen LogP) is 3.08. The number of rotatable bonds is 6. The number of benzene rings is 1. The monoisotopic (exact) mass is 319 g/mol. The molecule has 1 aromatic heterocycles. The summed E-state index contributed by atoms with van der Waals surface area (Å²) in [6.07, 6.45) is 1.64. The average molecular weight is 319 g/mol. The number of hydrogen-bond donors (Lipinski definition) is 1. The van der Waals surface area contributed by atoms with Gasteiger partial charge in [0.2, 0.25) is 5.13 Å². The molecule has 0 amide bonds. The van der Waals surface area contributed by atoms with E-state index < -0.39 is 0 Å². The SMILES string of the molecule is CCOC(=O)c1sc(N/N=C/c2ccccc2OC)nc1C. The maximum atomic E-state index is 11.7. The van der Waals surface area contributed by atoms with E-state index in [-0.39, 0.29) is 5.97 Å². The molecular formula is C15H17N3O3S. The van der Waals surface area contributed by atoms with Crippen LogP contribution in [-0.4, -0.2) is 30.9 Å². The van der Waals surface area contributed by atoms with Crippen molar-refractivity contribution in [1.29, 1.82) is 0 Å². The molecule has 0 saturated heterocycles. The van der Waals surface area contributed by atoms with Gasteiger partial charge in [0, 0.05) is 5.56 Å². The molecule has 0 aliphatic rings. The van der Waals surface area contributed by atoms with Crippen LogP contribution in [0.3, 0.4) is 0 Å². The minimum absolute atomic E-state index is 0.338. The summed E-state index contributed by atoms with van der Waals surface area (Å²) in [5, 5.41) is 4.66. The number of nitrogens with one attached hydrogen (secondary N) is 1. The summed E-state index contributed by atoms with van der Waals surface area (Å²) in [6, 6.07) is 7.53. The summed E-state index contributed by atoms with van der Waals surface area (Å²) in [7, 11) is 1.61. The first kappa shape index (κ1) is 16.0. The molecule has 22 heavy (non-hydrogen) atoms. The van der Waals surface area contributed by atoms with E-state index >= 15 is 0 Å². The van der Waals surface area contributed by atoms with Crippen molar-refractivity contribution in [2.75, 3.05) is 19.1 Å². The van der Waals surface area contributed by atoms with E-state index in [4.69, 9.17) is 9.47 Å². The van der Waals surface area contributed by atoms with Crippen molar-refractivity contribution in [2.24, 2.45) is 5.10 Å². The van der Waals surface area contributed by atoms with E-state index in [9.17, 15) is 4.79 Å². The Labute approximate surface area is 132 Å². The van der Waals surface area contributed by atoms with Gasteiger partial charge in [-0.25, -0.2) is 9.78 Å². The van der Waals surface area contributed by atoms with E-state index in [2.05, 4.69) is 15.5 Å². The lowest BCUT2D eigenvalue weighted by Gasteiger charge is -2.02. The van der Waals surface area contributed by atoms with Gasteiger partial charge in [0.25, 0.3) is 0 Å². The van der Waals surface area contributed by atoms with Crippen molar-refractivity contribution in [2.45, 2.75) is 13.8 Å². The first-order chi connectivity index (χ1) is 10.7. The molecule has 0 aliphatic heterocycles. The van der Waals surface area contributed by atoms with Crippen molar-refractivity contribution in [1.82, 2.24) is 4.98 Å². The lowest BCUT2D eigenvalue weighted by molar-refractivity contribution is 0.0531. The molecule has 0 saturated carbocycles. The number of thiazole rings is 1. The number of carbonyl (C=O) groups is 1. The fourth-order valence-electron chi connectivity index (χ4n) is 1.76. The number of ether oxygens (including phenoxy) is 2. The number of esters is 1. The second-order valence-corrected chi connectivity index (χ2v) is 5.27. The topological polar surface area (TPSA) is 72.8 Å². The van der Waals surface area contributed by atoms with Crippen LogP contribution in [0.15, 0.2) is 29.4 Å². The molecular weight excluding hydrogens is 302 g/mol. The van der Waals surface area contributed by atoms with Crippen LogP contribution in [0, 0.1) is 6.92 Å². The van der Waals surface area contributed by atoms with Crippen LogP contribution in [0.25, 0.3) is 0 Å². The fraction of sp³-hybridized carbons (Fsp3) is 0.267. The summed E-state index contributed by atoms with van der Waals surface area (Å²) < 4.78 is 10.2. The molecule has 0 aliphatic carbocycles. The first-order valence-electron chi connectivity index (χ1n) is 6.72. The molecule has 1 heterocycles. The van der Waals surface area contributed by atoms with Crippen LogP contribution >= 0.6 is 11.3 Å². The van der Waals surface area contributed by atoms with Gasteiger partial charge >= 0.3 is 5.97 Å². The van der Waals surface area contributed by atoms with E-state index in [1.54, 1.807) is 27.2 Å². The zero-order valence-corrected chi connectivity index (χ0v) is 13.4. The third-order valence-electron chi connectivity index (χ3n) is 2.76. The third-order valence-corrected chi connectivity index (χ3v) is 3.80. The van der Waals surface area contributed by atoms with Gasteiger partial charge in [-0.15, -0.1) is 0 Å². The molecule has 1 N–H and O–H groups in total. The lowest BCUT2D eigenvalue weighted by atomic mass is 10.2. The summed E-state index contributed by atoms with van der Waals surface area (Å²) in [5.41, 5.74) is 4.28. The number of anilines is 1. The molecule has 1 aromatic carbocycles. The van der Waals surface area contributed by atoms with Crippen molar-refractivity contribution in [3.05, 3.63) is 40.4 Å². The quantitative estimate of drug-likeness (QED) is 0.503. The van der Waals surface area contributed by atoms with Crippen LogP contribution in [0.2, 0.25) is 0 Å². The lowest BCUT2D eigenvalue weighted by Crippen LogP contribution is -2.03. The minimum Gasteiger partial charge on any atom is -0.496 e. The highest BCUT2D eigenvalue weighted by molar-refractivity contribution is 7.17. The highest BCUT2D eigenvalue weighted by Crippen LogP contribution is 2.23. The van der Waals surface area contributed by atoms with E-state index in [1.807, 2.05) is 24.3 Å². The number of hydrogen-bond acceptors (Lipinski definition) is 7. The molecule has 0 unspecified atom stereocenters. The Balaban J connectivity index is 2.07. The number of hydrazone groups is 1. The minimum atomic E-state index is -0.362. The van der Waals surface area contributed by atoms with Crippen LogP contribution in [0.5, 0.6) is 5.75 Å². The molecule has 7 heteroatoms. The van der Waals surface area contributed by atoms with Gasteiger partial charge in [-0.05, 0) is 26.0 Å². The Morgan fingerprint density at radius 2 is 2.23 bits per heavy atom. The van der Waals surface area contributed by atoms with Gasteiger partial charge in [-0.2, -0.15) is 5.10 Å². The first-order valence-corrected chi connectivity index (χ1v) is 7.54. The number of para-hydroxylation sites is 1. The average Bonchev–Trinajstić information content (AvgIpc) is 2.89. The van der Waals surface area contributed by atoms with E-state index in [1.165, 1.54) is 11.3 Å². The molecule has 0 atom stereocenters. The Morgan fingerprint density at radius 1 is 1.45 bits per heavy atom.